The molecule has 0 unspecified atom stereocenters. The molecule has 134 valence electrons. The molecule has 24 heavy (non-hydrogen) atoms. The first-order chi connectivity index (χ1) is 11.3. The van der Waals surface area contributed by atoms with Crippen LogP contribution < -0.4 is 5.32 Å². The van der Waals surface area contributed by atoms with E-state index in [1.807, 2.05) is 13.8 Å². The first-order valence-corrected chi connectivity index (χ1v) is 9.89. The number of nitrogens with one attached hydrogen (secondary N) is 1. The number of carbonyl (C=O) groups excluding carboxylic acids is 1. The van der Waals surface area contributed by atoms with Crippen LogP contribution in [-0.2, 0) is 14.8 Å². The van der Waals surface area contributed by atoms with Crippen molar-refractivity contribution in [2.75, 3.05) is 38.0 Å². The number of amides is 1. The van der Waals surface area contributed by atoms with Gasteiger partial charge in [-0.05, 0) is 30.7 Å². The second-order valence-electron chi connectivity index (χ2n) is 6.51. The van der Waals surface area contributed by atoms with Gasteiger partial charge in [0.05, 0.1) is 4.90 Å². The third-order valence-corrected chi connectivity index (χ3v) is 6.02. The lowest BCUT2D eigenvalue weighted by molar-refractivity contribution is -0.116. The molecule has 0 spiro atoms. The minimum absolute atomic E-state index is 0.101. The molecule has 1 amide bonds. The number of anilines is 1. The lowest BCUT2D eigenvalue weighted by atomic mass is 10.1. The van der Waals surface area contributed by atoms with Crippen LogP contribution in [-0.4, -0.2) is 56.3 Å². The Labute approximate surface area is 144 Å². The maximum Gasteiger partial charge on any atom is 0.243 e. The highest BCUT2D eigenvalue weighted by atomic mass is 32.2. The fourth-order valence-corrected chi connectivity index (χ4v) is 4.22. The van der Waals surface area contributed by atoms with Crippen molar-refractivity contribution in [3.8, 4) is 0 Å². The minimum atomic E-state index is -3.52. The molecule has 1 aromatic carbocycles. The van der Waals surface area contributed by atoms with E-state index in [0.717, 1.165) is 19.6 Å². The van der Waals surface area contributed by atoms with Gasteiger partial charge in [-0.2, -0.15) is 4.31 Å². The fraction of sp³-hybridized carbons (Fsp3) is 0.588. The molecule has 0 atom stereocenters. The van der Waals surface area contributed by atoms with E-state index in [4.69, 9.17) is 0 Å². The number of rotatable bonds is 6. The Bertz CT molecular complexity index is 665. The van der Waals surface area contributed by atoms with Gasteiger partial charge in [-0.1, -0.05) is 26.8 Å². The van der Waals surface area contributed by atoms with Gasteiger partial charge in [0.1, 0.15) is 0 Å². The predicted octanol–water partition coefficient (Wildman–Crippen LogP) is 2.00. The summed E-state index contributed by atoms with van der Waals surface area (Å²) < 4.78 is 27.1. The number of likely N-dealkylation sites (N-methyl/N-ethyl adjacent to an activating group) is 1. The van der Waals surface area contributed by atoms with E-state index in [1.165, 1.54) is 4.31 Å². The van der Waals surface area contributed by atoms with Crippen molar-refractivity contribution >= 4 is 21.6 Å². The normalized spacial score (nSPS) is 17.2. The molecule has 0 aliphatic carbocycles. The maximum absolute atomic E-state index is 12.8. The Hall–Kier alpha value is -1.44. The SMILES string of the molecule is CCN1CCN(S(=O)(=O)c2cccc(NC(=O)CC(C)C)c2)CC1. The van der Waals surface area contributed by atoms with Crippen LogP contribution in [0.3, 0.4) is 0 Å². The topological polar surface area (TPSA) is 69.7 Å². The van der Waals surface area contributed by atoms with Gasteiger partial charge in [-0.15, -0.1) is 0 Å². The summed E-state index contributed by atoms with van der Waals surface area (Å²) in [6.07, 6.45) is 0.413. The fourth-order valence-electron chi connectivity index (χ4n) is 2.75. The van der Waals surface area contributed by atoms with Crippen LogP contribution in [0.5, 0.6) is 0 Å². The summed E-state index contributed by atoms with van der Waals surface area (Å²) in [5.74, 6) is 0.155. The van der Waals surface area contributed by atoms with Crippen LogP contribution in [0.4, 0.5) is 5.69 Å². The van der Waals surface area contributed by atoms with Crippen LogP contribution in [0, 0.1) is 5.92 Å². The second kappa shape index (κ2) is 8.09. The zero-order valence-electron chi connectivity index (χ0n) is 14.7. The van der Waals surface area contributed by atoms with E-state index >= 15 is 0 Å². The lowest BCUT2D eigenvalue weighted by Gasteiger charge is -2.33. The van der Waals surface area contributed by atoms with Crippen LogP contribution in [0.1, 0.15) is 27.2 Å². The Morgan fingerprint density at radius 2 is 1.88 bits per heavy atom. The van der Waals surface area contributed by atoms with E-state index < -0.39 is 10.0 Å². The second-order valence-corrected chi connectivity index (χ2v) is 8.45. The average molecular weight is 353 g/mol. The predicted molar refractivity (Wildman–Crippen MR) is 95.4 cm³/mol. The van der Waals surface area contributed by atoms with E-state index in [1.54, 1.807) is 24.3 Å². The summed E-state index contributed by atoms with van der Waals surface area (Å²) in [6.45, 7) is 9.45. The standard InChI is InChI=1S/C17H27N3O3S/c1-4-19-8-10-20(11-9-19)24(22,23)16-7-5-6-15(13-16)18-17(21)12-14(2)3/h5-7,13-14H,4,8-12H2,1-3H3,(H,18,21). The van der Waals surface area contributed by atoms with Crippen molar-refractivity contribution in [2.45, 2.75) is 32.1 Å². The minimum Gasteiger partial charge on any atom is -0.326 e. The van der Waals surface area contributed by atoms with Crippen molar-refractivity contribution in [1.82, 2.24) is 9.21 Å². The Morgan fingerprint density at radius 1 is 1.21 bits per heavy atom. The number of sulfonamides is 1. The number of hydrogen-bond acceptors (Lipinski definition) is 4. The van der Waals surface area contributed by atoms with Crippen molar-refractivity contribution in [3.63, 3.8) is 0 Å². The highest BCUT2D eigenvalue weighted by molar-refractivity contribution is 7.89. The Balaban J connectivity index is 2.11. The molecule has 6 nitrogen and oxygen atoms in total. The number of hydrogen-bond donors (Lipinski definition) is 1. The number of piperazine rings is 1. The highest BCUT2D eigenvalue weighted by Gasteiger charge is 2.28. The van der Waals surface area contributed by atoms with Gasteiger partial charge >= 0.3 is 0 Å². The highest BCUT2D eigenvalue weighted by Crippen LogP contribution is 2.21. The van der Waals surface area contributed by atoms with Gasteiger partial charge in [0, 0.05) is 38.3 Å². The molecule has 1 heterocycles. The van der Waals surface area contributed by atoms with E-state index in [9.17, 15) is 13.2 Å². The molecular weight excluding hydrogens is 326 g/mol. The Morgan fingerprint density at radius 3 is 2.46 bits per heavy atom. The zero-order valence-corrected chi connectivity index (χ0v) is 15.5. The average Bonchev–Trinajstić information content (AvgIpc) is 2.54. The van der Waals surface area contributed by atoms with E-state index in [-0.39, 0.29) is 16.7 Å². The van der Waals surface area contributed by atoms with Crippen LogP contribution in [0.2, 0.25) is 0 Å². The molecule has 1 aliphatic heterocycles. The quantitative estimate of drug-likeness (QED) is 0.849. The van der Waals surface area contributed by atoms with E-state index in [2.05, 4.69) is 17.1 Å². The first-order valence-electron chi connectivity index (χ1n) is 8.45. The van der Waals surface area contributed by atoms with Crippen molar-refractivity contribution in [1.29, 1.82) is 0 Å². The third-order valence-electron chi connectivity index (χ3n) is 4.13. The zero-order chi connectivity index (χ0) is 17.7. The van der Waals surface area contributed by atoms with Crippen LogP contribution >= 0.6 is 0 Å². The summed E-state index contributed by atoms with van der Waals surface area (Å²) in [4.78, 5) is 14.3. The molecule has 2 rings (SSSR count). The number of nitrogens with zero attached hydrogens (tertiary/aromatic N) is 2. The van der Waals surface area contributed by atoms with E-state index in [0.29, 0.717) is 25.2 Å². The molecular formula is C17H27N3O3S. The molecule has 0 saturated carbocycles. The van der Waals surface area contributed by atoms with Gasteiger partial charge in [-0.25, -0.2) is 8.42 Å². The summed E-state index contributed by atoms with van der Waals surface area (Å²) in [7, 11) is -3.52. The van der Waals surface area contributed by atoms with Gasteiger partial charge in [-0.3, -0.25) is 4.79 Å². The van der Waals surface area contributed by atoms with Gasteiger partial charge < -0.3 is 10.2 Å². The molecule has 7 heteroatoms. The van der Waals surface area contributed by atoms with Gasteiger partial charge in [0.15, 0.2) is 0 Å². The van der Waals surface area contributed by atoms with Crippen LogP contribution in [0.25, 0.3) is 0 Å². The number of carbonyl (C=O) groups is 1. The maximum atomic E-state index is 12.8. The third kappa shape index (κ3) is 4.78. The van der Waals surface area contributed by atoms with Crippen molar-refractivity contribution in [3.05, 3.63) is 24.3 Å². The summed E-state index contributed by atoms with van der Waals surface area (Å²) >= 11 is 0. The molecule has 1 N–H and O–H groups in total. The van der Waals surface area contributed by atoms with Gasteiger partial charge in [0.2, 0.25) is 15.9 Å². The summed E-state index contributed by atoms with van der Waals surface area (Å²) in [6, 6.07) is 6.51. The molecule has 0 bridgehead atoms. The monoisotopic (exact) mass is 353 g/mol. The largest absolute Gasteiger partial charge is 0.326 e. The molecule has 1 aromatic rings. The first kappa shape index (κ1) is 18.9. The van der Waals surface area contributed by atoms with Gasteiger partial charge in [0.25, 0.3) is 0 Å². The molecule has 0 radical (unpaired) electrons. The van der Waals surface area contributed by atoms with Crippen LogP contribution in [0.15, 0.2) is 29.2 Å². The molecule has 0 aromatic heterocycles. The summed E-state index contributed by atoms with van der Waals surface area (Å²) in [5.41, 5.74) is 0.522. The Kier molecular flexibility index (Phi) is 6.37. The molecule has 1 saturated heterocycles. The number of benzene rings is 1. The van der Waals surface area contributed by atoms with Crippen molar-refractivity contribution < 1.29 is 13.2 Å². The molecule has 1 aliphatic rings. The summed E-state index contributed by atoms with van der Waals surface area (Å²) in [5, 5.41) is 2.77. The lowest BCUT2D eigenvalue weighted by Crippen LogP contribution is -2.48. The van der Waals surface area contributed by atoms with Crippen molar-refractivity contribution in [2.24, 2.45) is 5.92 Å². The molecule has 1 fully saturated rings. The smallest absolute Gasteiger partial charge is 0.243 e.